The molecule has 0 fully saturated rings. The van der Waals surface area contributed by atoms with Gasteiger partial charge in [0.2, 0.25) is 5.89 Å². The van der Waals surface area contributed by atoms with Crippen molar-refractivity contribution in [3.05, 3.63) is 52.5 Å². The highest BCUT2D eigenvalue weighted by Gasteiger charge is 2.30. The lowest BCUT2D eigenvalue weighted by atomic mass is 9.89. The Hall–Kier alpha value is -1.68. The van der Waals surface area contributed by atoms with Gasteiger partial charge in [0.15, 0.2) is 0 Å². The van der Waals surface area contributed by atoms with Crippen molar-refractivity contribution in [1.82, 2.24) is 9.88 Å². The molecule has 1 aliphatic heterocycles. The summed E-state index contributed by atoms with van der Waals surface area (Å²) in [6.45, 7) is 8.92. The summed E-state index contributed by atoms with van der Waals surface area (Å²) in [5, 5.41) is 0. The molecule has 0 bridgehead atoms. The van der Waals surface area contributed by atoms with Crippen LogP contribution in [0.1, 0.15) is 48.4 Å². The summed E-state index contributed by atoms with van der Waals surface area (Å²) < 4.78 is 19.1. The molecule has 4 heteroatoms. The Morgan fingerprint density at radius 1 is 1.33 bits per heavy atom. The largest absolute Gasteiger partial charge is 0.444 e. The molecule has 21 heavy (non-hydrogen) atoms. The number of hydrogen-bond donors (Lipinski definition) is 0. The summed E-state index contributed by atoms with van der Waals surface area (Å²) in [7, 11) is 0. The van der Waals surface area contributed by atoms with E-state index in [2.05, 4.69) is 23.7 Å². The molecule has 1 aromatic carbocycles. The standard InChI is InChI=1S/C17H21FN2O/c1-10-7-14-8-15(18)5-6-16(14)12(3)20(10)9-17-19-11(2)13(4)21-17/h5-6,8,10,12H,7,9H2,1-4H3/t10-,12+/m0/s1. The first-order valence-corrected chi connectivity index (χ1v) is 7.42. The summed E-state index contributed by atoms with van der Waals surface area (Å²) in [6, 6.07) is 5.68. The Kier molecular flexibility index (Phi) is 3.57. The van der Waals surface area contributed by atoms with Gasteiger partial charge in [0.25, 0.3) is 0 Å². The number of hydrogen-bond acceptors (Lipinski definition) is 3. The van der Waals surface area contributed by atoms with E-state index in [1.807, 2.05) is 19.9 Å². The Labute approximate surface area is 124 Å². The zero-order valence-corrected chi connectivity index (χ0v) is 13.0. The fraction of sp³-hybridized carbons (Fsp3) is 0.471. The van der Waals surface area contributed by atoms with Crippen molar-refractivity contribution in [2.45, 2.75) is 52.7 Å². The van der Waals surface area contributed by atoms with E-state index in [0.29, 0.717) is 12.6 Å². The van der Waals surface area contributed by atoms with Crippen molar-refractivity contribution in [2.24, 2.45) is 0 Å². The Morgan fingerprint density at radius 2 is 2.10 bits per heavy atom. The topological polar surface area (TPSA) is 29.3 Å². The van der Waals surface area contributed by atoms with Crippen molar-refractivity contribution in [1.29, 1.82) is 0 Å². The third kappa shape index (κ3) is 2.60. The maximum Gasteiger partial charge on any atom is 0.208 e. The van der Waals surface area contributed by atoms with Crippen molar-refractivity contribution < 1.29 is 8.81 Å². The van der Waals surface area contributed by atoms with Crippen molar-refractivity contribution >= 4 is 0 Å². The molecule has 0 radical (unpaired) electrons. The molecular weight excluding hydrogens is 267 g/mol. The van der Waals surface area contributed by atoms with Crippen LogP contribution in [0.5, 0.6) is 0 Å². The maximum absolute atomic E-state index is 13.4. The Morgan fingerprint density at radius 3 is 2.76 bits per heavy atom. The molecule has 1 aliphatic rings. The number of rotatable bonds is 2. The molecule has 0 saturated carbocycles. The number of fused-ring (bicyclic) bond motifs is 1. The lowest BCUT2D eigenvalue weighted by Crippen LogP contribution is -2.40. The van der Waals surface area contributed by atoms with Crippen LogP contribution in [0.2, 0.25) is 0 Å². The highest BCUT2D eigenvalue weighted by Crippen LogP contribution is 2.34. The lowest BCUT2D eigenvalue weighted by molar-refractivity contribution is 0.116. The van der Waals surface area contributed by atoms with Gasteiger partial charge in [-0.3, -0.25) is 4.90 Å². The number of benzene rings is 1. The van der Waals surface area contributed by atoms with Gasteiger partial charge in [-0.2, -0.15) is 0 Å². The predicted octanol–water partition coefficient (Wildman–Crippen LogP) is 3.94. The van der Waals surface area contributed by atoms with Gasteiger partial charge < -0.3 is 4.42 Å². The smallest absolute Gasteiger partial charge is 0.208 e. The van der Waals surface area contributed by atoms with Crippen LogP contribution >= 0.6 is 0 Å². The van der Waals surface area contributed by atoms with Gasteiger partial charge in [-0.1, -0.05) is 6.07 Å². The number of halogens is 1. The molecule has 1 aromatic heterocycles. The first-order chi connectivity index (χ1) is 9.95. The SMILES string of the molecule is Cc1nc(CN2[C@H](C)c3ccc(F)cc3C[C@@H]2C)oc1C. The van der Waals surface area contributed by atoms with E-state index in [-0.39, 0.29) is 11.9 Å². The van der Waals surface area contributed by atoms with E-state index in [0.717, 1.165) is 29.3 Å². The summed E-state index contributed by atoms with van der Waals surface area (Å²) in [5.74, 6) is 1.49. The average Bonchev–Trinajstić information content (AvgIpc) is 2.73. The van der Waals surface area contributed by atoms with Gasteiger partial charge in [-0.25, -0.2) is 9.37 Å². The van der Waals surface area contributed by atoms with Gasteiger partial charge in [0.1, 0.15) is 11.6 Å². The van der Waals surface area contributed by atoms with Crippen LogP contribution in [-0.4, -0.2) is 15.9 Å². The second-order valence-electron chi connectivity index (χ2n) is 5.99. The molecular formula is C17H21FN2O. The third-order valence-corrected chi connectivity index (χ3v) is 4.52. The monoisotopic (exact) mass is 288 g/mol. The average molecular weight is 288 g/mol. The molecule has 0 unspecified atom stereocenters. The van der Waals surface area contributed by atoms with Crippen LogP contribution in [0.25, 0.3) is 0 Å². The zero-order valence-electron chi connectivity index (χ0n) is 13.0. The molecule has 0 amide bonds. The quantitative estimate of drug-likeness (QED) is 0.838. The minimum absolute atomic E-state index is 0.152. The molecule has 2 atom stereocenters. The zero-order chi connectivity index (χ0) is 15.1. The van der Waals surface area contributed by atoms with Gasteiger partial charge in [-0.05, 0) is 57.4 Å². The van der Waals surface area contributed by atoms with E-state index in [9.17, 15) is 4.39 Å². The minimum Gasteiger partial charge on any atom is -0.444 e. The van der Waals surface area contributed by atoms with E-state index in [1.165, 1.54) is 5.56 Å². The first-order valence-electron chi connectivity index (χ1n) is 7.42. The van der Waals surface area contributed by atoms with Crippen LogP contribution in [0.15, 0.2) is 22.6 Å². The fourth-order valence-corrected chi connectivity index (χ4v) is 3.21. The molecule has 3 nitrogen and oxygen atoms in total. The van der Waals surface area contributed by atoms with Crippen molar-refractivity contribution in [3.8, 4) is 0 Å². The second-order valence-corrected chi connectivity index (χ2v) is 5.99. The second kappa shape index (κ2) is 5.26. The summed E-state index contributed by atoms with van der Waals surface area (Å²) >= 11 is 0. The number of nitrogens with zero attached hydrogens (tertiary/aromatic N) is 2. The summed E-state index contributed by atoms with van der Waals surface area (Å²) in [6.07, 6.45) is 0.857. The Bertz CT molecular complexity index is 645. The Balaban J connectivity index is 1.88. The maximum atomic E-state index is 13.4. The van der Waals surface area contributed by atoms with Gasteiger partial charge >= 0.3 is 0 Å². The van der Waals surface area contributed by atoms with Crippen LogP contribution < -0.4 is 0 Å². The van der Waals surface area contributed by atoms with Gasteiger partial charge in [-0.15, -0.1) is 0 Å². The molecule has 2 heterocycles. The van der Waals surface area contributed by atoms with Crippen LogP contribution in [0.4, 0.5) is 4.39 Å². The fourth-order valence-electron chi connectivity index (χ4n) is 3.21. The molecule has 0 saturated heterocycles. The number of aromatic nitrogens is 1. The lowest BCUT2D eigenvalue weighted by Gasteiger charge is -2.39. The molecule has 112 valence electrons. The van der Waals surface area contributed by atoms with E-state index >= 15 is 0 Å². The van der Waals surface area contributed by atoms with Gasteiger partial charge in [0.05, 0.1) is 12.2 Å². The summed E-state index contributed by atoms with van der Waals surface area (Å²) in [4.78, 5) is 6.84. The number of oxazole rings is 1. The third-order valence-electron chi connectivity index (χ3n) is 4.52. The van der Waals surface area contributed by atoms with E-state index < -0.39 is 0 Å². The minimum atomic E-state index is -0.152. The molecule has 3 rings (SSSR count). The molecule has 2 aromatic rings. The van der Waals surface area contributed by atoms with Crippen LogP contribution in [0, 0.1) is 19.7 Å². The summed E-state index contributed by atoms with van der Waals surface area (Å²) in [5.41, 5.74) is 3.27. The van der Waals surface area contributed by atoms with Crippen LogP contribution in [-0.2, 0) is 13.0 Å². The van der Waals surface area contributed by atoms with E-state index in [1.54, 1.807) is 12.1 Å². The number of aryl methyl sites for hydroxylation is 2. The molecule has 0 N–H and O–H groups in total. The first kappa shape index (κ1) is 14.3. The van der Waals surface area contributed by atoms with Crippen LogP contribution in [0.3, 0.4) is 0 Å². The highest BCUT2D eigenvalue weighted by molar-refractivity contribution is 5.33. The molecule has 0 spiro atoms. The highest BCUT2D eigenvalue weighted by atomic mass is 19.1. The normalized spacial score (nSPS) is 22.3. The van der Waals surface area contributed by atoms with E-state index in [4.69, 9.17) is 4.42 Å². The predicted molar refractivity (Wildman–Crippen MR) is 79.5 cm³/mol. The van der Waals surface area contributed by atoms with Crippen molar-refractivity contribution in [3.63, 3.8) is 0 Å². The molecule has 0 aliphatic carbocycles. The van der Waals surface area contributed by atoms with Crippen molar-refractivity contribution in [2.75, 3.05) is 0 Å². The van der Waals surface area contributed by atoms with Gasteiger partial charge in [0, 0.05) is 12.1 Å².